The van der Waals surface area contributed by atoms with Crippen molar-refractivity contribution >= 4 is 9.84 Å². The first-order chi connectivity index (χ1) is 11.9. The van der Waals surface area contributed by atoms with Gasteiger partial charge in [0.25, 0.3) is 0 Å². The predicted octanol–water partition coefficient (Wildman–Crippen LogP) is 2.81. The van der Waals surface area contributed by atoms with Gasteiger partial charge in [0.05, 0.1) is 4.90 Å². The minimum Gasteiger partial charge on any atom is -0.338 e. The number of hydrogen-bond donors (Lipinski definition) is 0. The SMILES string of the molecule is Cn1ccnc1CC[C@@H]1CCCCN1Cc1ccc(S(C)(=O)=O)cc1. The highest BCUT2D eigenvalue weighted by Gasteiger charge is 2.22. The zero-order valence-corrected chi connectivity index (χ0v) is 15.9. The second-order valence-corrected chi connectivity index (χ2v) is 9.04. The summed E-state index contributed by atoms with van der Waals surface area (Å²) in [6.07, 6.45) is 11.0. The van der Waals surface area contributed by atoms with Crippen LogP contribution in [0.3, 0.4) is 0 Å². The lowest BCUT2D eigenvalue weighted by atomic mass is 9.97. The van der Waals surface area contributed by atoms with Crippen LogP contribution in [-0.4, -0.2) is 41.7 Å². The minimum absolute atomic E-state index is 0.390. The Hall–Kier alpha value is -1.66. The monoisotopic (exact) mass is 361 g/mol. The van der Waals surface area contributed by atoms with E-state index in [0.717, 1.165) is 31.8 Å². The molecule has 1 aliphatic rings. The fourth-order valence-corrected chi connectivity index (χ4v) is 4.24. The number of rotatable bonds is 6. The molecule has 0 bridgehead atoms. The molecule has 0 unspecified atom stereocenters. The maximum atomic E-state index is 11.6. The molecule has 136 valence electrons. The Kier molecular flexibility index (Phi) is 5.59. The highest BCUT2D eigenvalue weighted by atomic mass is 32.2. The topological polar surface area (TPSA) is 55.2 Å². The number of nitrogens with zero attached hydrogens (tertiary/aromatic N) is 3. The molecule has 6 heteroatoms. The first-order valence-corrected chi connectivity index (χ1v) is 10.8. The summed E-state index contributed by atoms with van der Waals surface area (Å²) in [6.45, 7) is 1.99. The van der Waals surface area contributed by atoms with Gasteiger partial charge in [-0.05, 0) is 43.5 Å². The van der Waals surface area contributed by atoms with Crippen molar-refractivity contribution < 1.29 is 8.42 Å². The van der Waals surface area contributed by atoms with Crippen LogP contribution in [0, 0.1) is 0 Å². The molecule has 3 rings (SSSR count). The Morgan fingerprint density at radius 3 is 2.60 bits per heavy atom. The standard InChI is InChI=1S/C19H27N3O2S/c1-21-14-12-20-19(21)11-8-17-5-3-4-13-22(17)15-16-6-9-18(10-7-16)25(2,23)24/h6-7,9-10,12,14,17H,3-5,8,11,13,15H2,1-2H3/t17-/m0/s1. The number of hydrogen-bond acceptors (Lipinski definition) is 4. The Balaban J connectivity index is 1.63. The van der Waals surface area contributed by atoms with E-state index in [4.69, 9.17) is 0 Å². The van der Waals surface area contributed by atoms with Crippen LogP contribution < -0.4 is 0 Å². The molecule has 0 amide bonds. The number of benzene rings is 1. The number of piperidine rings is 1. The van der Waals surface area contributed by atoms with Gasteiger partial charge in [0.1, 0.15) is 5.82 Å². The van der Waals surface area contributed by atoms with Crippen LogP contribution in [0.5, 0.6) is 0 Å². The molecule has 2 aromatic rings. The summed E-state index contributed by atoms with van der Waals surface area (Å²) >= 11 is 0. The van der Waals surface area contributed by atoms with Crippen LogP contribution in [0.25, 0.3) is 0 Å². The third-order valence-electron chi connectivity index (χ3n) is 5.11. The number of sulfone groups is 1. The first-order valence-electron chi connectivity index (χ1n) is 8.93. The average Bonchev–Trinajstić information content (AvgIpc) is 2.99. The van der Waals surface area contributed by atoms with Gasteiger partial charge >= 0.3 is 0 Å². The van der Waals surface area contributed by atoms with E-state index in [0.29, 0.717) is 10.9 Å². The molecule has 1 atom stereocenters. The van der Waals surface area contributed by atoms with Gasteiger partial charge in [-0.15, -0.1) is 0 Å². The lowest BCUT2D eigenvalue weighted by molar-refractivity contribution is 0.132. The molecule has 1 aliphatic heterocycles. The predicted molar refractivity (Wildman–Crippen MR) is 99.1 cm³/mol. The lowest BCUT2D eigenvalue weighted by Crippen LogP contribution is -2.39. The molecule has 1 fully saturated rings. The summed E-state index contributed by atoms with van der Waals surface area (Å²) in [5.41, 5.74) is 1.18. The largest absolute Gasteiger partial charge is 0.338 e. The maximum Gasteiger partial charge on any atom is 0.175 e. The normalized spacial score (nSPS) is 19.2. The Morgan fingerprint density at radius 1 is 1.20 bits per heavy atom. The third kappa shape index (κ3) is 4.70. The summed E-state index contributed by atoms with van der Waals surface area (Å²) in [5.74, 6) is 1.14. The number of aryl methyl sites for hydroxylation is 2. The number of likely N-dealkylation sites (tertiary alicyclic amines) is 1. The van der Waals surface area contributed by atoms with Crippen LogP contribution >= 0.6 is 0 Å². The summed E-state index contributed by atoms with van der Waals surface area (Å²) in [7, 11) is -1.08. The Bertz CT molecular complexity index is 796. The molecule has 0 aliphatic carbocycles. The van der Waals surface area contributed by atoms with Gasteiger partial charge in [-0.25, -0.2) is 13.4 Å². The smallest absolute Gasteiger partial charge is 0.175 e. The minimum atomic E-state index is -3.12. The molecule has 0 radical (unpaired) electrons. The quantitative estimate of drug-likeness (QED) is 0.794. The van der Waals surface area contributed by atoms with Crippen molar-refractivity contribution in [2.45, 2.75) is 49.6 Å². The summed E-state index contributed by atoms with van der Waals surface area (Å²) < 4.78 is 25.3. The van der Waals surface area contributed by atoms with E-state index in [1.54, 1.807) is 12.1 Å². The van der Waals surface area contributed by atoms with Crippen molar-refractivity contribution in [3.8, 4) is 0 Å². The zero-order valence-electron chi connectivity index (χ0n) is 15.1. The van der Waals surface area contributed by atoms with E-state index in [9.17, 15) is 8.42 Å². The van der Waals surface area contributed by atoms with Crippen LogP contribution in [0.1, 0.15) is 37.1 Å². The van der Waals surface area contributed by atoms with Crippen molar-refractivity contribution in [2.24, 2.45) is 7.05 Å². The van der Waals surface area contributed by atoms with Crippen LogP contribution in [0.15, 0.2) is 41.6 Å². The van der Waals surface area contributed by atoms with Gasteiger partial charge < -0.3 is 4.57 Å². The first kappa shape index (κ1) is 18.1. The van der Waals surface area contributed by atoms with Crippen molar-refractivity contribution in [1.82, 2.24) is 14.5 Å². The highest BCUT2D eigenvalue weighted by Crippen LogP contribution is 2.23. The summed E-state index contributed by atoms with van der Waals surface area (Å²) in [6, 6.07) is 7.90. The van der Waals surface area contributed by atoms with E-state index in [2.05, 4.69) is 14.5 Å². The summed E-state index contributed by atoms with van der Waals surface area (Å²) in [5, 5.41) is 0. The van der Waals surface area contributed by atoms with Gasteiger partial charge in [0.2, 0.25) is 0 Å². The van der Waals surface area contributed by atoms with Crippen LogP contribution in [-0.2, 0) is 29.9 Å². The molecule has 2 heterocycles. The molecule has 0 saturated carbocycles. The van der Waals surface area contributed by atoms with Crippen molar-refractivity contribution in [3.63, 3.8) is 0 Å². The molecule has 5 nitrogen and oxygen atoms in total. The molecule has 1 aromatic carbocycles. The lowest BCUT2D eigenvalue weighted by Gasteiger charge is -2.36. The molecular formula is C19H27N3O2S. The van der Waals surface area contributed by atoms with Crippen molar-refractivity contribution in [2.75, 3.05) is 12.8 Å². The Labute approximate surface area is 150 Å². The van der Waals surface area contributed by atoms with Crippen LogP contribution in [0.2, 0.25) is 0 Å². The molecule has 1 aromatic heterocycles. The van der Waals surface area contributed by atoms with Crippen LogP contribution in [0.4, 0.5) is 0 Å². The maximum absolute atomic E-state index is 11.6. The van der Waals surface area contributed by atoms with E-state index in [-0.39, 0.29) is 0 Å². The second-order valence-electron chi connectivity index (χ2n) is 7.03. The van der Waals surface area contributed by atoms with Gasteiger partial charge in [-0.1, -0.05) is 18.6 Å². The van der Waals surface area contributed by atoms with Gasteiger partial charge in [0.15, 0.2) is 9.84 Å². The van der Waals surface area contributed by atoms with Crippen molar-refractivity contribution in [1.29, 1.82) is 0 Å². The summed E-state index contributed by atoms with van der Waals surface area (Å²) in [4.78, 5) is 7.36. The average molecular weight is 362 g/mol. The molecule has 0 N–H and O–H groups in total. The molecule has 0 spiro atoms. The van der Waals surface area contributed by atoms with Gasteiger partial charge in [-0.3, -0.25) is 4.90 Å². The van der Waals surface area contributed by atoms with E-state index >= 15 is 0 Å². The highest BCUT2D eigenvalue weighted by molar-refractivity contribution is 7.90. The molecular weight excluding hydrogens is 334 g/mol. The van der Waals surface area contributed by atoms with Crippen molar-refractivity contribution in [3.05, 3.63) is 48.0 Å². The molecule has 1 saturated heterocycles. The fraction of sp³-hybridized carbons (Fsp3) is 0.526. The fourth-order valence-electron chi connectivity index (χ4n) is 3.60. The molecule has 25 heavy (non-hydrogen) atoms. The van der Waals surface area contributed by atoms with E-state index in [1.807, 2.05) is 31.6 Å². The third-order valence-corrected chi connectivity index (χ3v) is 6.24. The number of imidazole rings is 1. The van der Waals surface area contributed by atoms with Gasteiger partial charge in [-0.2, -0.15) is 0 Å². The van der Waals surface area contributed by atoms with E-state index < -0.39 is 9.84 Å². The second kappa shape index (κ2) is 7.70. The van der Waals surface area contributed by atoms with E-state index in [1.165, 1.54) is 31.1 Å². The van der Waals surface area contributed by atoms with Gasteiger partial charge in [0, 0.05) is 44.7 Å². The zero-order chi connectivity index (χ0) is 17.9. The number of aromatic nitrogens is 2. The Morgan fingerprint density at radius 2 is 1.96 bits per heavy atom.